The summed E-state index contributed by atoms with van der Waals surface area (Å²) in [6, 6.07) is 7.61. The van der Waals surface area contributed by atoms with Crippen LogP contribution in [0.3, 0.4) is 0 Å². The zero-order valence-electron chi connectivity index (χ0n) is 10.7. The molecule has 1 aromatic rings. The van der Waals surface area contributed by atoms with Gasteiger partial charge in [0.1, 0.15) is 0 Å². The predicted octanol–water partition coefficient (Wildman–Crippen LogP) is 1.95. The monoisotopic (exact) mass is 273 g/mol. The number of rotatable bonds is 3. The van der Waals surface area contributed by atoms with Crippen LogP contribution in [0.15, 0.2) is 24.3 Å². The Morgan fingerprint density at radius 3 is 2.26 bits per heavy atom. The highest BCUT2D eigenvalue weighted by atomic mass is 19.4. The minimum atomic E-state index is -4.10. The molecular formula is C13H18F3N3. The maximum Gasteiger partial charge on any atom is 0.401 e. The molecule has 1 aliphatic rings. The second kappa shape index (κ2) is 5.79. The number of nitrogens with zero attached hydrogens (tertiary/aromatic N) is 2. The molecule has 19 heavy (non-hydrogen) atoms. The van der Waals surface area contributed by atoms with Crippen LogP contribution in [-0.2, 0) is 6.54 Å². The average molecular weight is 273 g/mol. The van der Waals surface area contributed by atoms with Crippen molar-refractivity contribution in [3.63, 3.8) is 0 Å². The number of hydrogen-bond donors (Lipinski definition) is 1. The Hall–Kier alpha value is -1.27. The highest BCUT2D eigenvalue weighted by Crippen LogP contribution is 2.18. The zero-order chi connectivity index (χ0) is 13.9. The van der Waals surface area contributed by atoms with E-state index in [1.165, 1.54) is 4.90 Å². The summed E-state index contributed by atoms with van der Waals surface area (Å²) in [5.74, 6) is 0. The third-order valence-electron chi connectivity index (χ3n) is 3.23. The first-order chi connectivity index (χ1) is 8.92. The van der Waals surface area contributed by atoms with Crippen molar-refractivity contribution >= 4 is 5.69 Å². The molecule has 3 nitrogen and oxygen atoms in total. The van der Waals surface area contributed by atoms with Gasteiger partial charge in [-0.05, 0) is 17.7 Å². The Morgan fingerprint density at radius 2 is 1.68 bits per heavy atom. The maximum atomic E-state index is 12.3. The van der Waals surface area contributed by atoms with Gasteiger partial charge in [0.25, 0.3) is 0 Å². The van der Waals surface area contributed by atoms with Crippen LogP contribution in [0.1, 0.15) is 5.56 Å². The Bertz CT molecular complexity index is 412. The molecule has 0 radical (unpaired) electrons. The van der Waals surface area contributed by atoms with Gasteiger partial charge >= 0.3 is 6.18 Å². The maximum absolute atomic E-state index is 12.3. The summed E-state index contributed by atoms with van der Waals surface area (Å²) < 4.78 is 36.8. The van der Waals surface area contributed by atoms with Gasteiger partial charge in [-0.3, -0.25) is 9.80 Å². The van der Waals surface area contributed by atoms with E-state index in [1.54, 1.807) is 0 Å². The number of nitrogen functional groups attached to an aromatic ring is 1. The van der Waals surface area contributed by atoms with Gasteiger partial charge in [-0.25, -0.2) is 0 Å². The molecule has 0 bridgehead atoms. The van der Waals surface area contributed by atoms with Gasteiger partial charge in [-0.2, -0.15) is 13.2 Å². The standard InChI is InChI=1S/C13H18F3N3/c14-13(15,16)10-19-6-4-18(5-7-19)9-11-2-1-3-12(17)8-11/h1-3,8H,4-7,9-10,17H2. The van der Waals surface area contributed by atoms with E-state index < -0.39 is 12.7 Å². The molecule has 0 saturated carbocycles. The molecule has 1 saturated heterocycles. The van der Waals surface area contributed by atoms with E-state index in [4.69, 9.17) is 5.73 Å². The molecule has 1 heterocycles. The van der Waals surface area contributed by atoms with Crippen molar-refractivity contribution in [1.82, 2.24) is 9.80 Å². The van der Waals surface area contributed by atoms with Crippen LogP contribution in [0.25, 0.3) is 0 Å². The minimum Gasteiger partial charge on any atom is -0.399 e. The first-order valence-corrected chi connectivity index (χ1v) is 6.28. The summed E-state index contributed by atoms with van der Waals surface area (Å²) in [5.41, 5.74) is 7.52. The molecule has 0 aromatic heterocycles. The number of hydrogen-bond acceptors (Lipinski definition) is 3. The number of halogens is 3. The Balaban J connectivity index is 1.80. The smallest absolute Gasteiger partial charge is 0.399 e. The second-order valence-electron chi connectivity index (χ2n) is 4.91. The first-order valence-electron chi connectivity index (χ1n) is 6.28. The predicted molar refractivity (Wildman–Crippen MR) is 68.6 cm³/mol. The third kappa shape index (κ3) is 4.72. The van der Waals surface area contributed by atoms with Crippen LogP contribution in [0.2, 0.25) is 0 Å². The van der Waals surface area contributed by atoms with Gasteiger partial charge in [0.2, 0.25) is 0 Å². The van der Waals surface area contributed by atoms with Crippen molar-refractivity contribution in [2.45, 2.75) is 12.7 Å². The number of alkyl halides is 3. The fraction of sp³-hybridized carbons (Fsp3) is 0.538. The fourth-order valence-corrected chi connectivity index (χ4v) is 2.31. The summed E-state index contributed by atoms with van der Waals surface area (Å²) in [6.07, 6.45) is -4.10. The molecule has 2 N–H and O–H groups in total. The number of nitrogens with two attached hydrogens (primary N) is 1. The lowest BCUT2D eigenvalue weighted by molar-refractivity contribution is -0.149. The topological polar surface area (TPSA) is 32.5 Å². The van der Waals surface area contributed by atoms with Crippen LogP contribution in [0.4, 0.5) is 18.9 Å². The molecule has 6 heteroatoms. The highest BCUT2D eigenvalue weighted by molar-refractivity contribution is 5.40. The van der Waals surface area contributed by atoms with Crippen LogP contribution in [-0.4, -0.2) is 48.7 Å². The van der Waals surface area contributed by atoms with Gasteiger partial charge in [0.15, 0.2) is 0 Å². The quantitative estimate of drug-likeness (QED) is 0.854. The Labute approximate surface area is 110 Å². The lowest BCUT2D eigenvalue weighted by Gasteiger charge is -2.35. The molecule has 0 unspecified atom stereocenters. The van der Waals surface area contributed by atoms with Crippen molar-refractivity contribution in [3.05, 3.63) is 29.8 Å². The van der Waals surface area contributed by atoms with E-state index >= 15 is 0 Å². The molecule has 2 rings (SSSR count). The van der Waals surface area contributed by atoms with E-state index in [2.05, 4.69) is 4.90 Å². The van der Waals surface area contributed by atoms with E-state index in [1.807, 2.05) is 24.3 Å². The SMILES string of the molecule is Nc1cccc(CN2CCN(CC(F)(F)F)CC2)c1. The van der Waals surface area contributed by atoms with Gasteiger partial charge in [-0.1, -0.05) is 12.1 Å². The zero-order valence-corrected chi connectivity index (χ0v) is 10.7. The van der Waals surface area contributed by atoms with Crippen LogP contribution >= 0.6 is 0 Å². The Kier molecular flexibility index (Phi) is 4.31. The van der Waals surface area contributed by atoms with E-state index in [9.17, 15) is 13.2 Å². The normalized spacial score (nSPS) is 18.7. The molecule has 106 valence electrons. The molecule has 1 fully saturated rings. The number of piperazine rings is 1. The largest absolute Gasteiger partial charge is 0.401 e. The van der Waals surface area contributed by atoms with E-state index in [-0.39, 0.29) is 0 Å². The molecule has 0 aliphatic carbocycles. The van der Waals surface area contributed by atoms with Gasteiger partial charge in [-0.15, -0.1) is 0 Å². The van der Waals surface area contributed by atoms with Gasteiger partial charge < -0.3 is 5.73 Å². The van der Waals surface area contributed by atoms with Crippen LogP contribution < -0.4 is 5.73 Å². The molecular weight excluding hydrogens is 255 g/mol. The Morgan fingerprint density at radius 1 is 1.05 bits per heavy atom. The summed E-state index contributed by atoms with van der Waals surface area (Å²) >= 11 is 0. The molecule has 1 aliphatic heterocycles. The van der Waals surface area contributed by atoms with E-state index in [0.717, 1.165) is 12.1 Å². The summed E-state index contributed by atoms with van der Waals surface area (Å²) in [6.45, 7) is 2.17. The fourth-order valence-electron chi connectivity index (χ4n) is 2.31. The molecule has 0 spiro atoms. The van der Waals surface area contributed by atoms with Crippen molar-refractivity contribution in [3.8, 4) is 0 Å². The average Bonchev–Trinajstić information content (AvgIpc) is 2.30. The summed E-state index contributed by atoms with van der Waals surface area (Å²) in [7, 11) is 0. The van der Waals surface area contributed by atoms with Crippen molar-refractivity contribution < 1.29 is 13.2 Å². The summed E-state index contributed by atoms with van der Waals surface area (Å²) in [5, 5.41) is 0. The molecule has 1 aromatic carbocycles. The van der Waals surface area contributed by atoms with Crippen LogP contribution in [0, 0.1) is 0 Å². The number of benzene rings is 1. The molecule has 0 atom stereocenters. The van der Waals surface area contributed by atoms with Crippen molar-refractivity contribution in [2.24, 2.45) is 0 Å². The van der Waals surface area contributed by atoms with Crippen molar-refractivity contribution in [2.75, 3.05) is 38.5 Å². The minimum absolute atomic E-state index is 0.460. The highest BCUT2D eigenvalue weighted by Gasteiger charge is 2.32. The second-order valence-corrected chi connectivity index (χ2v) is 4.91. The van der Waals surface area contributed by atoms with Crippen molar-refractivity contribution in [1.29, 1.82) is 0 Å². The summed E-state index contributed by atoms with van der Waals surface area (Å²) in [4.78, 5) is 3.61. The first kappa shape index (κ1) is 14.1. The lowest BCUT2D eigenvalue weighted by atomic mass is 10.2. The van der Waals surface area contributed by atoms with E-state index in [0.29, 0.717) is 31.9 Å². The van der Waals surface area contributed by atoms with Gasteiger partial charge in [0, 0.05) is 38.4 Å². The number of anilines is 1. The lowest BCUT2D eigenvalue weighted by Crippen LogP contribution is -2.48. The van der Waals surface area contributed by atoms with Gasteiger partial charge in [0.05, 0.1) is 6.54 Å². The van der Waals surface area contributed by atoms with Crippen LogP contribution in [0.5, 0.6) is 0 Å². The third-order valence-corrected chi connectivity index (χ3v) is 3.23. The molecule has 0 amide bonds.